The van der Waals surface area contributed by atoms with Crippen molar-refractivity contribution in [2.45, 2.75) is 44.0 Å². The van der Waals surface area contributed by atoms with E-state index >= 15 is 0 Å². The maximum Gasteiger partial charge on any atom is 0.326 e. The Labute approximate surface area is 142 Å². The lowest BCUT2D eigenvalue weighted by Crippen LogP contribution is -2.45. The smallest absolute Gasteiger partial charge is 0.326 e. The third-order valence-electron chi connectivity index (χ3n) is 3.94. The van der Waals surface area contributed by atoms with E-state index in [-0.39, 0.29) is 23.1 Å². The van der Waals surface area contributed by atoms with Crippen LogP contribution < -0.4 is 10.0 Å². The number of amides is 1. The molecule has 0 aliphatic rings. The molecular formula is C16H24N2O5S. The van der Waals surface area contributed by atoms with E-state index in [1.807, 2.05) is 6.92 Å². The standard InChI is InChI=1S/C16H24N2O5S/c1-4-11(2)15(16(20)21)18-14(19)10-7-12-5-8-13(9-6-12)24(22,23)17-3/h5-6,8-9,11,15,17H,4,7,10H2,1-3H3,(H,18,19)(H,20,21). The van der Waals surface area contributed by atoms with Crippen LogP contribution in [0.4, 0.5) is 0 Å². The lowest BCUT2D eigenvalue weighted by Gasteiger charge is -2.20. The first-order chi connectivity index (χ1) is 11.2. The van der Waals surface area contributed by atoms with E-state index in [2.05, 4.69) is 10.0 Å². The van der Waals surface area contributed by atoms with Crippen molar-refractivity contribution in [3.63, 3.8) is 0 Å². The summed E-state index contributed by atoms with van der Waals surface area (Å²) in [5.74, 6) is -1.54. The fourth-order valence-electron chi connectivity index (χ4n) is 2.14. The van der Waals surface area contributed by atoms with E-state index in [0.717, 1.165) is 5.56 Å². The fraction of sp³-hybridized carbons (Fsp3) is 0.500. The second kappa shape index (κ2) is 8.79. The van der Waals surface area contributed by atoms with Crippen LogP contribution in [0, 0.1) is 5.92 Å². The molecule has 2 atom stereocenters. The number of hydrogen-bond acceptors (Lipinski definition) is 4. The number of aliphatic carboxylic acids is 1. The summed E-state index contributed by atoms with van der Waals surface area (Å²) in [5, 5.41) is 11.7. The highest BCUT2D eigenvalue weighted by Crippen LogP contribution is 2.12. The predicted octanol–water partition coefficient (Wildman–Crippen LogP) is 1.14. The molecule has 8 heteroatoms. The molecule has 0 aromatic heterocycles. The molecule has 0 saturated carbocycles. The van der Waals surface area contributed by atoms with Crippen molar-refractivity contribution in [1.29, 1.82) is 0 Å². The summed E-state index contributed by atoms with van der Waals surface area (Å²) >= 11 is 0. The second-order valence-electron chi connectivity index (χ2n) is 5.62. The Morgan fingerprint density at radius 2 is 1.79 bits per heavy atom. The first-order valence-corrected chi connectivity index (χ1v) is 9.24. The zero-order chi connectivity index (χ0) is 18.3. The molecule has 0 radical (unpaired) electrons. The van der Waals surface area contributed by atoms with Gasteiger partial charge >= 0.3 is 5.97 Å². The van der Waals surface area contributed by atoms with E-state index < -0.39 is 22.0 Å². The minimum absolute atomic E-state index is 0.137. The Hall–Kier alpha value is -1.93. The summed E-state index contributed by atoms with van der Waals surface area (Å²) in [7, 11) is -2.14. The summed E-state index contributed by atoms with van der Waals surface area (Å²) < 4.78 is 25.5. The number of carboxylic acids is 1. The molecular weight excluding hydrogens is 332 g/mol. The third-order valence-corrected chi connectivity index (χ3v) is 5.37. The lowest BCUT2D eigenvalue weighted by molar-refractivity contribution is -0.143. The van der Waals surface area contributed by atoms with Gasteiger partial charge in [-0.2, -0.15) is 0 Å². The first kappa shape index (κ1) is 20.1. The van der Waals surface area contributed by atoms with Gasteiger partial charge in [0.25, 0.3) is 0 Å². The Kier molecular flexibility index (Phi) is 7.37. The van der Waals surface area contributed by atoms with Crippen LogP contribution in [-0.2, 0) is 26.0 Å². The van der Waals surface area contributed by atoms with E-state index in [0.29, 0.717) is 12.8 Å². The largest absolute Gasteiger partial charge is 0.480 e. The molecule has 1 aromatic carbocycles. The van der Waals surface area contributed by atoms with Gasteiger partial charge in [0, 0.05) is 6.42 Å². The van der Waals surface area contributed by atoms with Gasteiger partial charge in [-0.05, 0) is 37.1 Å². The van der Waals surface area contributed by atoms with Crippen molar-refractivity contribution in [3.8, 4) is 0 Å². The molecule has 0 fully saturated rings. The minimum Gasteiger partial charge on any atom is -0.480 e. The molecule has 0 aliphatic carbocycles. The SMILES string of the molecule is CCC(C)C(NC(=O)CCc1ccc(S(=O)(=O)NC)cc1)C(=O)O. The Balaban J connectivity index is 2.63. The summed E-state index contributed by atoms with van der Waals surface area (Å²) in [4.78, 5) is 23.3. The number of sulfonamides is 1. The number of benzene rings is 1. The molecule has 0 saturated heterocycles. The number of carboxylic acid groups (broad SMARTS) is 1. The fourth-order valence-corrected chi connectivity index (χ4v) is 2.87. The molecule has 0 bridgehead atoms. The number of nitrogens with one attached hydrogen (secondary N) is 2. The molecule has 0 heterocycles. The van der Waals surface area contributed by atoms with Crippen LogP contribution in [0.5, 0.6) is 0 Å². The molecule has 0 aliphatic heterocycles. The van der Waals surface area contributed by atoms with Crippen molar-refractivity contribution < 1.29 is 23.1 Å². The van der Waals surface area contributed by atoms with Crippen molar-refractivity contribution in [2.75, 3.05) is 7.05 Å². The number of carbonyl (C=O) groups excluding carboxylic acids is 1. The predicted molar refractivity (Wildman–Crippen MR) is 90.0 cm³/mol. The van der Waals surface area contributed by atoms with Crippen molar-refractivity contribution in [3.05, 3.63) is 29.8 Å². The van der Waals surface area contributed by atoms with E-state index in [9.17, 15) is 18.0 Å². The van der Waals surface area contributed by atoms with Gasteiger partial charge in [0.2, 0.25) is 15.9 Å². The lowest BCUT2D eigenvalue weighted by atomic mass is 9.99. The second-order valence-corrected chi connectivity index (χ2v) is 7.51. The molecule has 0 spiro atoms. The van der Waals surface area contributed by atoms with E-state index in [1.165, 1.54) is 19.2 Å². The summed E-state index contributed by atoms with van der Waals surface area (Å²) in [5.41, 5.74) is 0.801. The minimum atomic E-state index is -3.48. The molecule has 1 rings (SSSR count). The zero-order valence-electron chi connectivity index (χ0n) is 14.1. The van der Waals surface area contributed by atoms with Crippen LogP contribution in [0.25, 0.3) is 0 Å². The van der Waals surface area contributed by atoms with Gasteiger partial charge in [0.05, 0.1) is 4.90 Å². The Bertz CT molecular complexity index is 670. The van der Waals surface area contributed by atoms with Crippen molar-refractivity contribution in [2.24, 2.45) is 5.92 Å². The average molecular weight is 356 g/mol. The van der Waals surface area contributed by atoms with Gasteiger partial charge in [-0.15, -0.1) is 0 Å². The number of rotatable bonds is 9. The van der Waals surface area contributed by atoms with E-state index in [4.69, 9.17) is 5.11 Å². The van der Waals surface area contributed by atoms with Crippen LogP contribution in [-0.4, -0.2) is 38.5 Å². The van der Waals surface area contributed by atoms with Gasteiger partial charge in [-0.3, -0.25) is 4.79 Å². The van der Waals surface area contributed by atoms with Gasteiger partial charge < -0.3 is 10.4 Å². The van der Waals surface area contributed by atoms with Gasteiger partial charge in [0.15, 0.2) is 0 Å². The molecule has 1 aromatic rings. The topological polar surface area (TPSA) is 113 Å². The maximum atomic E-state index is 11.9. The van der Waals surface area contributed by atoms with Crippen LogP contribution in [0.3, 0.4) is 0 Å². The zero-order valence-corrected chi connectivity index (χ0v) is 14.9. The van der Waals surface area contributed by atoms with Crippen LogP contribution >= 0.6 is 0 Å². The molecule has 7 nitrogen and oxygen atoms in total. The third kappa shape index (κ3) is 5.61. The molecule has 2 unspecified atom stereocenters. The summed E-state index contributed by atoms with van der Waals surface area (Å²) in [6, 6.07) is 5.32. The van der Waals surface area contributed by atoms with Gasteiger partial charge in [0.1, 0.15) is 6.04 Å². The maximum absolute atomic E-state index is 11.9. The molecule has 1 amide bonds. The molecule has 3 N–H and O–H groups in total. The van der Waals surface area contributed by atoms with E-state index in [1.54, 1.807) is 19.1 Å². The number of carbonyl (C=O) groups is 2. The van der Waals surface area contributed by atoms with Gasteiger partial charge in [-0.25, -0.2) is 17.9 Å². The Morgan fingerprint density at radius 3 is 2.25 bits per heavy atom. The highest BCUT2D eigenvalue weighted by Gasteiger charge is 2.24. The Morgan fingerprint density at radius 1 is 1.21 bits per heavy atom. The summed E-state index contributed by atoms with van der Waals surface area (Å²) in [6.07, 6.45) is 1.19. The average Bonchev–Trinajstić information content (AvgIpc) is 2.57. The molecule has 24 heavy (non-hydrogen) atoms. The van der Waals surface area contributed by atoms with Gasteiger partial charge in [-0.1, -0.05) is 32.4 Å². The number of aryl methyl sites for hydroxylation is 1. The number of hydrogen-bond donors (Lipinski definition) is 3. The normalized spacial score (nSPS) is 14.0. The molecule has 134 valence electrons. The van der Waals surface area contributed by atoms with Crippen LogP contribution in [0.15, 0.2) is 29.2 Å². The first-order valence-electron chi connectivity index (χ1n) is 7.76. The quantitative estimate of drug-likeness (QED) is 0.614. The highest BCUT2D eigenvalue weighted by molar-refractivity contribution is 7.89. The van der Waals surface area contributed by atoms with Crippen LogP contribution in [0.1, 0.15) is 32.3 Å². The van der Waals surface area contributed by atoms with Crippen molar-refractivity contribution in [1.82, 2.24) is 10.0 Å². The van der Waals surface area contributed by atoms with Crippen LogP contribution in [0.2, 0.25) is 0 Å². The highest BCUT2D eigenvalue weighted by atomic mass is 32.2. The summed E-state index contributed by atoms with van der Waals surface area (Å²) in [6.45, 7) is 3.65. The monoisotopic (exact) mass is 356 g/mol. The van der Waals surface area contributed by atoms with Crippen molar-refractivity contribution >= 4 is 21.9 Å².